The van der Waals surface area contributed by atoms with Gasteiger partial charge in [-0.25, -0.2) is 4.98 Å². The van der Waals surface area contributed by atoms with Gasteiger partial charge in [0.1, 0.15) is 0 Å². The van der Waals surface area contributed by atoms with Gasteiger partial charge >= 0.3 is 0 Å². The molecule has 3 N–H and O–H groups in total. The summed E-state index contributed by atoms with van der Waals surface area (Å²) in [4.78, 5) is 19.8. The fraction of sp³-hybridized carbons (Fsp3) is 0.154. The summed E-state index contributed by atoms with van der Waals surface area (Å²) in [6.07, 6.45) is 4.68. The Labute approximate surface area is 181 Å². The summed E-state index contributed by atoms with van der Waals surface area (Å²) in [6, 6.07) is 26.5. The monoisotopic (exact) mass is 408 g/mol. The first kappa shape index (κ1) is 19.3. The summed E-state index contributed by atoms with van der Waals surface area (Å²) < 4.78 is 0. The summed E-state index contributed by atoms with van der Waals surface area (Å²) in [5, 5.41) is 6.54. The van der Waals surface area contributed by atoms with E-state index in [1.165, 1.54) is 5.56 Å². The molecule has 1 fully saturated rings. The lowest BCUT2D eigenvalue weighted by Crippen LogP contribution is -2.17. The number of hydrogen-bond donors (Lipinski definition) is 3. The Morgan fingerprint density at radius 2 is 1.68 bits per heavy atom. The van der Waals surface area contributed by atoms with Crippen molar-refractivity contribution in [3.8, 4) is 11.1 Å². The molecule has 3 aromatic carbocycles. The molecule has 0 bridgehead atoms. The number of benzene rings is 3. The van der Waals surface area contributed by atoms with Crippen LogP contribution in [0.1, 0.15) is 34.0 Å². The quantitative estimate of drug-likeness (QED) is 0.404. The number of carbonyl (C=O) groups excluding carboxylic acids is 1. The lowest BCUT2D eigenvalue weighted by Gasteiger charge is -2.08. The maximum absolute atomic E-state index is 12.6. The van der Waals surface area contributed by atoms with Gasteiger partial charge in [0.15, 0.2) is 0 Å². The van der Waals surface area contributed by atoms with Crippen molar-refractivity contribution >= 4 is 11.6 Å². The molecule has 0 saturated heterocycles. The maximum Gasteiger partial charge on any atom is 0.255 e. The van der Waals surface area contributed by atoms with Crippen molar-refractivity contribution in [2.45, 2.75) is 24.9 Å². The Balaban J connectivity index is 1.16. The second kappa shape index (κ2) is 8.58. The first-order chi connectivity index (χ1) is 15.3. The van der Waals surface area contributed by atoms with E-state index >= 15 is 0 Å². The third-order valence-corrected chi connectivity index (χ3v) is 5.75. The topological polar surface area (TPSA) is 69.8 Å². The fourth-order valence-electron chi connectivity index (χ4n) is 3.87. The number of nitrogens with zero attached hydrogens (tertiary/aromatic N) is 1. The second-order valence-electron chi connectivity index (χ2n) is 7.93. The number of hydrogen-bond acceptors (Lipinski definition) is 3. The average Bonchev–Trinajstić information content (AvgIpc) is 3.41. The van der Waals surface area contributed by atoms with Gasteiger partial charge in [0.25, 0.3) is 5.91 Å². The zero-order chi connectivity index (χ0) is 21.0. The van der Waals surface area contributed by atoms with Crippen LogP contribution in [0.3, 0.4) is 0 Å². The standard InChI is InChI=1S/C26H24N4O/c31-26(21-8-6-19(7-9-21)18-4-2-1-3-5-18)30-22-12-10-20(11-13-22)24-14-25(24)28-16-23-15-27-17-29-23/h1-13,15,17,24-25,28H,14,16H2,(H,27,29)(H,30,31)/t24-,25+/m0/s1. The Morgan fingerprint density at radius 3 is 2.39 bits per heavy atom. The van der Waals surface area contributed by atoms with Crippen molar-refractivity contribution < 1.29 is 4.79 Å². The molecule has 1 aliphatic carbocycles. The Kier molecular flexibility index (Phi) is 5.33. The summed E-state index contributed by atoms with van der Waals surface area (Å²) >= 11 is 0. The van der Waals surface area contributed by atoms with E-state index in [4.69, 9.17) is 0 Å². The molecule has 1 saturated carbocycles. The largest absolute Gasteiger partial charge is 0.347 e. The highest BCUT2D eigenvalue weighted by Crippen LogP contribution is 2.41. The van der Waals surface area contributed by atoms with Crippen LogP contribution in [0, 0.1) is 0 Å². The highest BCUT2D eigenvalue weighted by atomic mass is 16.1. The second-order valence-corrected chi connectivity index (χ2v) is 7.93. The predicted octanol–water partition coefficient (Wildman–Crippen LogP) is 4.97. The van der Waals surface area contributed by atoms with Gasteiger partial charge in [0, 0.05) is 41.6 Å². The Morgan fingerprint density at radius 1 is 0.935 bits per heavy atom. The van der Waals surface area contributed by atoms with Crippen LogP contribution in [0.2, 0.25) is 0 Å². The van der Waals surface area contributed by atoms with E-state index in [2.05, 4.69) is 44.9 Å². The SMILES string of the molecule is O=C(Nc1ccc([C@@H]2C[C@H]2NCc2cnc[nH]2)cc1)c1ccc(-c2ccccc2)cc1. The van der Waals surface area contributed by atoms with Crippen LogP contribution in [0.5, 0.6) is 0 Å². The molecule has 1 aromatic heterocycles. The lowest BCUT2D eigenvalue weighted by molar-refractivity contribution is 0.102. The van der Waals surface area contributed by atoms with Gasteiger partial charge < -0.3 is 15.6 Å². The molecule has 1 heterocycles. The average molecular weight is 409 g/mol. The highest BCUT2D eigenvalue weighted by Gasteiger charge is 2.37. The number of rotatable bonds is 7. The minimum absolute atomic E-state index is 0.0992. The van der Waals surface area contributed by atoms with E-state index in [-0.39, 0.29) is 5.91 Å². The molecular weight excluding hydrogens is 384 g/mol. The van der Waals surface area contributed by atoms with Gasteiger partial charge in [-0.1, -0.05) is 54.6 Å². The zero-order valence-corrected chi connectivity index (χ0v) is 17.1. The molecule has 5 nitrogen and oxygen atoms in total. The highest BCUT2D eigenvalue weighted by molar-refractivity contribution is 6.04. The number of imidazole rings is 1. The van der Waals surface area contributed by atoms with Crippen molar-refractivity contribution in [3.05, 3.63) is 108 Å². The minimum Gasteiger partial charge on any atom is -0.347 e. The first-order valence-corrected chi connectivity index (χ1v) is 10.5. The molecule has 154 valence electrons. The van der Waals surface area contributed by atoms with Gasteiger partial charge in [-0.2, -0.15) is 0 Å². The molecule has 31 heavy (non-hydrogen) atoms. The Hall–Kier alpha value is -3.70. The van der Waals surface area contributed by atoms with Crippen LogP contribution >= 0.6 is 0 Å². The van der Waals surface area contributed by atoms with Crippen molar-refractivity contribution in [2.24, 2.45) is 0 Å². The van der Waals surface area contributed by atoms with E-state index in [9.17, 15) is 4.79 Å². The van der Waals surface area contributed by atoms with Crippen LogP contribution in [-0.2, 0) is 6.54 Å². The van der Waals surface area contributed by atoms with E-state index in [1.807, 2.05) is 60.8 Å². The molecule has 4 aromatic rings. The predicted molar refractivity (Wildman–Crippen MR) is 123 cm³/mol. The molecule has 5 heteroatoms. The van der Waals surface area contributed by atoms with Crippen LogP contribution in [0.4, 0.5) is 5.69 Å². The van der Waals surface area contributed by atoms with Crippen LogP contribution in [0.15, 0.2) is 91.4 Å². The van der Waals surface area contributed by atoms with Gasteiger partial charge in [-0.15, -0.1) is 0 Å². The molecule has 1 aliphatic rings. The van der Waals surface area contributed by atoms with Crippen LogP contribution in [0.25, 0.3) is 11.1 Å². The molecule has 0 aliphatic heterocycles. The molecular formula is C26H24N4O. The smallest absolute Gasteiger partial charge is 0.255 e. The molecule has 0 radical (unpaired) electrons. The van der Waals surface area contributed by atoms with Crippen molar-refractivity contribution in [1.82, 2.24) is 15.3 Å². The summed E-state index contributed by atoms with van der Waals surface area (Å²) in [6.45, 7) is 0.804. The normalized spacial score (nSPS) is 17.3. The summed E-state index contributed by atoms with van der Waals surface area (Å²) in [5.74, 6) is 0.427. The summed E-state index contributed by atoms with van der Waals surface area (Å²) in [5.41, 5.74) is 6.09. The van der Waals surface area contributed by atoms with Gasteiger partial charge in [-0.3, -0.25) is 4.79 Å². The third-order valence-electron chi connectivity index (χ3n) is 5.75. The van der Waals surface area contributed by atoms with E-state index in [0.717, 1.165) is 35.5 Å². The number of aromatic nitrogens is 2. The molecule has 2 atom stereocenters. The van der Waals surface area contributed by atoms with E-state index in [1.54, 1.807) is 6.33 Å². The number of carbonyl (C=O) groups is 1. The van der Waals surface area contributed by atoms with Gasteiger partial charge in [0.05, 0.1) is 6.33 Å². The van der Waals surface area contributed by atoms with Crippen molar-refractivity contribution in [3.63, 3.8) is 0 Å². The number of H-pyrrole nitrogens is 1. The van der Waals surface area contributed by atoms with E-state index in [0.29, 0.717) is 17.5 Å². The van der Waals surface area contributed by atoms with Crippen molar-refractivity contribution in [1.29, 1.82) is 0 Å². The molecule has 5 rings (SSSR count). The summed E-state index contributed by atoms with van der Waals surface area (Å²) in [7, 11) is 0. The van der Waals surface area contributed by atoms with Gasteiger partial charge in [0.2, 0.25) is 0 Å². The molecule has 0 spiro atoms. The number of anilines is 1. The van der Waals surface area contributed by atoms with Crippen LogP contribution < -0.4 is 10.6 Å². The van der Waals surface area contributed by atoms with Crippen LogP contribution in [-0.4, -0.2) is 21.9 Å². The maximum atomic E-state index is 12.6. The third kappa shape index (κ3) is 4.57. The van der Waals surface area contributed by atoms with Crippen molar-refractivity contribution in [2.75, 3.05) is 5.32 Å². The lowest BCUT2D eigenvalue weighted by atomic mass is 10.0. The minimum atomic E-state index is -0.0992. The fourth-order valence-corrected chi connectivity index (χ4v) is 3.87. The first-order valence-electron chi connectivity index (χ1n) is 10.5. The molecule has 1 amide bonds. The number of nitrogens with one attached hydrogen (secondary N) is 3. The van der Waals surface area contributed by atoms with E-state index < -0.39 is 0 Å². The number of aromatic amines is 1. The van der Waals surface area contributed by atoms with Gasteiger partial charge in [-0.05, 0) is 47.4 Å². The zero-order valence-electron chi connectivity index (χ0n) is 17.1. The molecule has 0 unspecified atom stereocenters. The number of amides is 1. The Bertz CT molecular complexity index is 1140.